The van der Waals surface area contributed by atoms with Crippen molar-refractivity contribution in [2.24, 2.45) is 0 Å². The van der Waals surface area contributed by atoms with Crippen molar-refractivity contribution in [1.29, 1.82) is 5.26 Å². The fourth-order valence-electron chi connectivity index (χ4n) is 3.43. The molecule has 1 amide bonds. The lowest BCUT2D eigenvalue weighted by Crippen LogP contribution is -2.50. The van der Waals surface area contributed by atoms with Crippen LogP contribution in [0.2, 0.25) is 0 Å². The number of nitrogens with zero attached hydrogens (tertiary/aromatic N) is 4. The zero-order valence-electron chi connectivity index (χ0n) is 16.0. The number of benzene rings is 2. The summed E-state index contributed by atoms with van der Waals surface area (Å²) in [7, 11) is -3.67. The van der Waals surface area contributed by atoms with Crippen molar-refractivity contribution in [3.05, 3.63) is 71.9 Å². The van der Waals surface area contributed by atoms with Crippen molar-refractivity contribution in [3.8, 4) is 17.3 Å². The van der Waals surface area contributed by atoms with Crippen LogP contribution in [0, 0.1) is 11.3 Å². The highest BCUT2D eigenvalue weighted by Crippen LogP contribution is 2.23. The number of carbonyl (C=O) groups excluding carboxylic acids is 1. The first-order chi connectivity index (χ1) is 14.5. The van der Waals surface area contributed by atoms with E-state index in [1.165, 1.54) is 34.8 Å². The number of carbonyl (C=O) groups is 1. The summed E-state index contributed by atoms with van der Waals surface area (Å²) in [5.74, 6) is -0.182. The Morgan fingerprint density at radius 3 is 2.30 bits per heavy atom. The van der Waals surface area contributed by atoms with E-state index in [2.05, 4.69) is 10.2 Å². The molecule has 0 bridgehead atoms. The number of piperazine rings is 1. The fraction of sp³-hybridized carbons (Fsp3) is 0.190. The Balaban J connectivity index is 1.47. The Labute approximate surface area is 174 Å². The summed E-state index contributed by atoms with van der Waals surface area (Å²) in [5, 5.41) is 15.8. The van der Waals surface area contributed by atoms with Crippen LogP contribution < -0.4 is 0 Å². The fourth-order valence-corrected chi connectivity index (χ4v) is 4.85. The van der Waals surface area contributed by atoms with Crippen LogP contribution in [-0.2, 0) is 10.0 Å². The molecule has 0 saturated carbocycles. The van der Waals surface area contributed by atoms with Gasteiger partial charge >= 0.3 is 0 Å². The molecular formula is C21H19N5O3S. The second kappa shape index (κ2) is 8.10. The van der Waals surface area contributed by atoms with E-state index < -0.39 is 10.0 Å². The van der Waals surface area contributed by atoms with Gasteiger partial charge in [0.25, 0.3) is 5.91 Å². The van der Waals surface area contributed by atoms with Crippen LogP contribution >= 0.6 is 0 Å². The molecule has 4 rings (SSSR count). The number of hydrogen-bond donors (Lipinski definition) is 1. The number of aromatic amines is 1. The van der Waals surface area contributed by atoms with Crippen molar-refractivity contribution < 1.29 is 13.2 Å². The van der Waals surface area contributed by atoms with Crippen molar-refractivity contribution in [3.63, 3.8) is 0 Å². The van der Waals surface area contributed by atoms with Gasteiger partial charge in [-0.25, -0.2) is 8.42 Å². The molecule has 152 valence electrons. The minimum atomic E-state index is -3.67. The van der Waals surface area contributed by atoms with Gasteiger partial charge in [-0.2, -0.15) is 14.7 Å². The number of hydrogen-bond acceptors (Lipinski definition) is 5. The van der Waals surface area contributed by atoms with E-state index >= 15 is 0 Å². The number of aromatic nitrogens is 2. The van der Waals surface area contributed by atoms with Gasteiger partial charge in [0.05, 0.1) is 34.0 Å². The topological polar surface area (TPSA) is 110 Å². The third-order valence-corrected chi connectivity index (χ3v) is 6.99. The molecule has 0 radical (unpaired) electrons. The molecule has 0 aliphatic carbocycles. The molecule has 2 heterocycles. The number of amides is 1. The maximum absolute atomic E-state index is 13.0. The summed E-state index contributed by atoms with van der Waals surface area (Å²) in [6.07, 6.45) is 1.50. The molecule has 8 nitrogen and oxygen atoms in total. The molecule has 2 aromatic carbocycles. The average Bonchev–Trinajstić information content (AvgIpc) is 3.29. The highest BCUT2D eigenvalue weighted by molar-refractivity contribution is 7.89. The highest BCUT2D eigenvalue weighted by atomic mass is 32.2. The monoisotopic (exact) mass is 421 g/mol. The lowest BCUT2D eigenvalue weighted by Gasteiger charge is -2.34. The van der Waals surface area contributed by atoms with Crippen LogP contribution in [0.4, 0.5) is 0 Å². The Kier molecular flexibility index (Phi) is 5.35. The van der Waals surface area contributed by atoms with Crippen LogP contribution in [0.3, 0.4) is 0 Å². The Morgan fingerprint density at radius 2 is 1.67 bits per heavy atom. The van der Waals surface area contributed by atoms with Gasteiger partial charge in [0.15, 0.2) is 0 Å². The van der Waals surface area contributed by atoms with E-state index in [-0.39, 0.29) is 37.0 Å². The Hall–Kier alpha value is -3.48. The molecule has 0 atom stereocenters. The highest BCUT2D eigenvalue weighted by Gasteiger charge is 2.31. The maximum atomic E-state index is 13.0. The molecule has 1 fully saturated rings. The quantitative estimate of drug-likeness (QED) is 0.694. The van der Waals surface area contributed by atoms with Gasteiger partial charge in [0.2, 0.25) is 10.0 Å². The van der Waals surface area contributed by atoms with Crippen LogP contribution in [0.5, 0.6) is 0 Å². The minimum absolute atomic E-state index is 0.141. The number of rotatable bonds is 4. The lowest BCUT2D eigenvalue weighted by molar-refractivity contribution is 0.0698. The van der Waals surface area contributed by atoms with Crippen LogP contribution in [0.25, 0.3) is 11.3 Å². The van der Waals surface area contributed by atoms with Gasteiger partial charge in [-0.15, -0.1) is 0 Å². The molecular weight excluding hydrogens is 402 g/mol. The molecule has 0 unspecified atom stereocenters. The zero-order chi connectivity index (χ0) is 21.1. The number of sulfonamides is 1. The molecule has 1 aliphatic rings. The minimum Gasteiger partial charge on any atom is -0.336 e. The third-order valence-electron chi connectivity index (χ3n) is 5.08. The number of nitrogens with one attached hydrogen (secondary N) is 1. The van der Waals surface area contributed by atoms with Gasteiger partial charge < -0.3 is 4.90 Å². The number of H-pyrrole nitrogens is 1. The summed E-state index contributed by atoms with van der Waals surface area (Å²) in [6, 6.07) is 17.3. The van der Waals surface area contributed by atoms with Crippen LogP contribution in [0.1, 0.15) is 15.9 Å². The van der Waals surface area contributed by atoms with Gasteiger partial charge in [0.1, 0.15) is 0 Å². The van der Waals surface area contributed by atoms with E-state index in [1.54, 1.807) is 4.90 Å². The second-order valence-corrected chi connectivity index (χ2v) is 8.80. The first-order valence-electron chi connectivity index (χ1n) is 9.39. The normalized spacial score (nSPS) is 15.0. The molecule has 1 aromatic heterocycles. The van der Waals surface area contributed by atoms with Crippen LogP contribution in [0.15, 0.2) is 65.7 Å². The smallest absolute Gasteiger partial charge is 0.257 e. The van der Waals surface area contributed by atoms with Gasteiger partial charge in [-0.3, -0.25) is 9.89 Å². The predicted octanol–water partition coefficient (Wildman–Crippen LogP) is 2.10. The lowest BCUT2D eigenvalue weighted by atomic mass is 10.1. The third kappa shape index (κ3) is 3.70. The van der Waals surface area contributed by atoms with Crippen molar-refractivity contribution in [1.82, 2.24) is 19.4 Å². The van der Waals surface area contributed by atoms with E-state index in [0.29, 0.717) is 16.8 Å². The van der Waals surface area contributed by atoms with E-state index in [9.17, 15) is 13.2 Å². The largest absolute Gasteiger partial charge is 0.336 e. The molecule has 3 aromatic rings. The maximum Gasteiger partial charge on any atom is 0.257 e. The first kappa shape index (κ1) is 19.8. The van der Waals surface area contributed by atoms with Gasteiger partial charge in [-0.1, -0.05) is 30.3 Å². The van der Waals surface area contributed by atoms with E-state index in [1.807, 2.05) is 36.4 Å². The molecule has 0 spiro atoms. The second-order valence-electron chi connectivity index (χ2n) is 6.86. The predicted molar refractivity (Wildman–Crippen MR) is 110 cm³/mol. The van der Waals surface area contributed by atoms with Gasteiger partial charge in [0, 0.05) is 31.7 Å². The molecule has 9 heteroatoms. The summed E-state index contributed by atoms with van der Waals surface area (Å²) in [4.78, 5) is 14.8. The average molecular weight is 421 g/mol. The standard InChI is InChI=1S/C21H19N5O3S/c22-14-16-6-8-18(9-7-16)30(28,29)26-12-10-25(11-13-26)21(27)19-15-23-24-20(19)17-4-2-1-3-5-17/h1-9,15H,10-13H2,(H,23,24). The van der Waals surface area contributed by atoms with Gasteiger partial charge in [-0.05, 0) is 24.3 Å². The zero-order valence-corrected chi connectivity index (χ0v) is 16.8. The molecule has 30 heavy (non-hydrogen) atoms. The SMILES string of the molecule is N#Cc1ccc(S(=O)(=O)N2CCN(C(=O)c3cn[nH]c3-c3ccccc3)CC2)cc1. The first-order valence-corrected chi connectivity index (χ1v) is 10.8. The van der Waals surface area contributed by atoms with Crippen LogP contribution in [-0.4, -0.2) is 59.9 Å². The van der Waals surface area contributed by atoms with E-state index in [0.717, 1.165) is 5.56 Å². The molecule has 1 aliphatic heterocycles. The Morgan fingerprint density at radius 1 is 1.00 bits per heavy atom. The van der Waals surface area contributed by atoms with E-state index in [4.69, 9.17) is 5.26 Å². The number of nitriles is 1. The summed E-state index contributed by atoms with van der Waals surface area (Å²) < 4.78 is 27.1. The molecule has 1 saturated heterocycles. The summed E-state index contributed by atoms with van der Waals surface area (Å²) >= 11 is 0. The van der Waals surface area contributed by atoms with Crippen molar-refractivity contribution in [2.75, 3.05) is 26.2 Å². The summed E-state index contributed by atoms with van der Waals surface area (Å²) in [5.41, 5.74) is 2.37. The summed E-state index contributed by atoms with van der Waals surface area (Å²) in [6.45, 7) is 0.973. The van der Waals surface area contributed by atoms with Crippen molar-refractivity contribution >= 4 is 15.9 Å². The van der Waals surface area contributed by atoms with Crippen molar-refractivity contribution in [2.45, 2.75) is 4.90 Å². The molecule has 1 N–H and O–H groups in total. The Bertz CT molecular complexity index is 1190.